The SMILES string of the molecule is Cn1ccc(Nc2ncnc(-c3ccc(C[NH3+])c(CC(F)F)c3)n2)n1. The highest BCUT2D eigenvalue weighted by atomic mass is 19.3. The number of rotatable bonds is 6. The monoisotopic (exact) mass is 346 g/mol. The minimum Gasteiger partial charge on any atom is -0.354 e. The third-order valence-corrected chi connectivity index (χ3v) is 3.63. The molecule has 0 unspecified atom stereocenters. The predicted molar refractivity (Wildman–Crippen MR) is 88.1 cm³/mol. The van der Waals surface area contributed by atoms with Crippen molar-refractivity contribution in [3.8, 4) is 11.4 Å². The van der Waals surface area contributed by atoms with Crippen molar-refractivity contribution in [1.82, 2.24) is 24.7 Å². The van der Waals surface area contributed by atoms with Gasteiger partial charge in [0.1, 0.15) is 6.33 Å². The Kier molecular flexibility index (Phi) is 4.94. The predicted octanol–water partition coefficient (Wildman–Crippen LogP) is 1.57. The number of benzene rings is 1. The maximum absolute atomic E-state index is 12.8. The van der Waals surface area contributed by atoms with Gasteiger partial charge in [0.15, 0.2) is 11.6 Å². The first kappa shape index (κ1) is 16.9. The minimum absolute atomic E-state index is 0.317. The fraction of sp³-hybridized carbons (Fsp3) is 0.250. The van der Waals surface area contributed by atoms with Crippen LogP contribution in [-0.4, -0.2) is 31.2 Å². The second kappa shape index (κ2) is 7.31. The van der Waals surface area contributed by atoms with Gasteiger partial charge < -0.3 is 11.1 Å². The molecular formula is C16H18F2N7+. The van der Waals surface area contributed by atoms with Gasteiger partial charge in [-0.2, -0.15) is 10.1 Å². The number of hydrogen-bond donors (Lipinski definition) is 2. The Bertz CT molecular complexity index is 863. The Balaban J connectivity index is 1.89. The average Bonchev–Trinajstić information content (AvgIpc) is 2.99. The van der Waals surface area contributed by atoms with Gasteiger partial charge in [-0.15, -0.1) is 0 Å². The fourth-order valence-corrected chi connectivity index (χ4v) is 2.46. The summed E-state index contributed by atoms with van der Waals surface area (Å²) in [7, 11) is 1.80. The zero-order valence-corrected chi connectivity index (χ0v) is 13.7. The molecule has 0 atom stereocenters. The summed E-state index contributed by atoms with van der Waals surface area (Å²) in [6.07, 6.45) is 0.428. The highest BCUT2D eigenvalue weighted by Crippen LogP contribution is 2.22. The summed E-state index contributed by atoms with van der Waals surface area (Å²) in [4.78, 5) is 12.5. The van der Waals surface area contributed by atoms with Crippen molar-refractivity contribution >= 4 is 11.8 Å². The lowest BCUT2D eigenvalue weighted by Gasteiger charge is -2.09. The first-order valence-corrected chi connectivity index (χ1v) is 7.70. The summed E-state index contributed by atoms with van der Waals surface area (Å²) in [5.41, 5.74) is 5.79. The van der Waals surface area contributed by atoms with Gasteiger partial charge in [-0.1, -0.05) is 12.1 Å². The van der Waals surface area contributed by atoms with E-state index in [4.69, 9.17) is 0 Å². The second-order valence-corrected chi connectivity index (χ2v) is 5.46. The third kappa shape index (κ3) is 4.13. The van der Waals surface area contributed by atoms with Crippen LogP contribution in [0, 0.1) is 0 Å². The van der Waals surface area contributed by atoms with E-state index in [9.17, 15) is 8.78 Å². The van der Waals surface area contributed by atoms with Crippen LogP contribution < -0.4 is 11.1 Å². The van der Waals surface area contributed by atoms with Crippen LogP contribution in [0.3, 0.4) is 0 Å². The van der Waals surface area contributed by atoms with Crippen LogP contribution in [0.2, 0.25) is 0 Å². The molecule has 1 aromatic carbocycles. The molecule has 0 aliphatic heterocycles. The lowest BCUT2D eigenvalue weighted by molar-refractivity contribution is -0.386. The number of anilines is 2. The Morgan fingerprint density at radius 2 is 2.04 bits per heavy atom. The van der Waals surface area contributed by atoms with Crippen LogP contribution in [-0.2, 0) is 20.0 Å². The van der Waals surface area contributed by atoms with Gasteiger partial charge in [-0.25, -0.2) is 18.7 Å². The van der Waals surface area contributed by atoms with Crippen molar-refractivity contribution in [2.75, 3.05) is 5.32 Å². The molecule has 2 aromatic heterocycles. The topological polar surface area (TPSA) is 96.2 Å². The molecule has 0 fully saturated rings. The molecule has 0 saturated carbocycles. The molecule has 0 radical (unpaired) electrons. The molecule has 4 N–H and O–H groups in total. The van der Waals surface area contributed by atoms with Gasteiger partial charge >= 0.3 is 0 Å². The Morgan fingerprint density at radius 1 is 1.20 bits per heavy atom. The van der Waals surface area contributed by atoms with E-state index >= 15 is 0 Å². The van der Waals surface area contributed by atoms with E-state index in [0.29, 0.717) is 35.3 Å². The lowest BCUT2D eigenvalue weighted by atomic mass is 10.0. The summed E-state index contributed by atoms with van der Waals surface area (Å²) in [6, 6.07) is 7.06. The number of halogens is 2. The molecule has 0 spiro atoms. The van der Waals surface area contributed by atoms with Crippen molar-refractivity contribution in [3.63, 3.8) is 0 Å². The number of quaternary nitrogens is 1. The van der Waals surface area contributed by atoms with E-state index in [-0.39, 0.29) is 6.42 Å². The van der Waals surface area contributed by atoms with Crippen LogP contribution in [0.5, 0.6) is 0 Å². The van der Waals surface area contributed by atoms with Gasteiger partial charge in [-0.05, 0) is 11.6 Å². The molecule has 3 rings (SSSR count). The highest BCUT2D eigenvalue weighted by molar-refractivity contribution is 5.59. The molecule has 7 nitrogen and oxygen atoms in total. The molecule has 2 heterocycles. The van der Waals surface area contributed by atoms with Crippen molar-refractivity contribution in [2.45, 2.75) is 19.4 Å². The van der Waals surface area contributed by atoms with Crippen LogP contribution in [0.25, 0.3) is 11.4 Å². The number of nitrogens with one attached hydrogen (secondary N) is 1. The quantitative estimate of drug-likeness (QED) is 0.706. The molecule has 0 bridgehead atoms. The number of aromatic nitrogens is 5. The summed E-state index contributed by atoms with van der Waals surface area (Å²) in [5, 5.41) is 7.17. The number of nitrogens with zero attached hydrogens (tertiary/aromatic N) is 5. The maximum atomic E-state index is 12.8. The molecule has 9 heteroatoms. The van der Waals surface area contributed by atoms with Crippen LogP contribution in [0.1, 0.15) is 11.1 Å². The van der Waals surface area contributed by atoms with Crippen molar-refractivity contribution in [2.24, 2.45) is 7.05 Å². The second-order valence-electron chi connectivity index (χ2n) is 5.46. The van der Waals surface area contributed by atoms with Gasteiger partial charge in [0, 0.05) is 36.9 Å². The fourth-order valence-electron chi connectivity index (χ4n) is 2.46. The molecule has 0 aliphatic rings. The van der Waals surface area contributed by atoms with Crippen molar-refractivity contribution in [1.29, 1.82) is 0 Å². The molecule has 3 aromatic rings. The minimum atomic E-state index is -2.42. The van der Waals surface area contributed by atoms with Crippen molar-refractivity contribution < 1.29 is 14.5 Å². The van der Waals surface area contributed by atoms with Gasteiger partial charge in [-0.3, -0.25) is 4.68 Å². The zero-order chi connectivity index (χ0) is 17.8. The van der Waals surface area contributed by atoms with Crippen molar-refractivity contribution in [3.05, 3.63) is 47.9 Å². The van der Waals surface area contributed by atoms with E-state index in [1.165, 1.54) is 6.33 Å². The number of aryl methyl sites for hydroxylation is 1. The van der Waals surface area contributed by atoms with E-state index < -0.39 is 6.43 Å². The summed E-state index contributed by atoms with van der Waals surface area (Å²) < 4.78 is 27.2. The van der Waals surface area contributed by atoms with Gasteiger partial charge in [0.2, 0.25) is 12.4 Å². The number of hydrogen-bond acceptors (Lipinski definition) is 5. The average molecular weight is 346 g/mol. The van der Waals surface area contributed by atoms with E-state index in [2.05, 4.69) is 31.1 Å². The summed E-state index contributed by atoms with van der Waals surface area (Å²) in [5.74, 6) is 1.34. The molecular weight excluding hydrogens is 328 g/mol. The Labute approximate surface area is 142 Å². The van der Waals surface area contributed by atoms with Gasteiger partial charge in [0.25, 0.3) is 0 Å². The van der Waals surface area contributed by atoms with Crippen LogP contribution in [0.4, 0.5) is 20.5 Å². The van der Waals surface area contributed by atoms with Crippen LogP contribution in [0.15, 0.2) is 36.8 Å². The summed E-state index contributed by atoms with van der Waals surface area (Å²) in [6.45, 7) is 0.450. The smallest absolute Gasteiger partial charge is 0.242 e. The standard InChI is InChI=1S/C16H17F2N7/c1-25-5-4-14(24-25)22-16-21-9-20-15(23-16)10-2-3-11(8-19)12(6-10)7-13(17)18/h2-6,9,13H,7-8,19H2,1H3,(H,20,21,22,23,24)/p+1. The molecule has 0 amide bonds. The normalized spacial score (nSPS) is 11.1. The van der Waals surface area contributed by atoms with Crippen LogP contribution >= 0.6 is 0 Å². The van der Waals surface area contributed by atoms with E-state index in [1.807, 2.05) is 0 Å². The zero-order valence-electron chi connectivity index (χ0n) is 13.7. The molecule has 0 aliphatic carbocycles. The summed E-state index contributed by atoms with van der Waals surface area (Å²) >= 11 is 0. The molecule has 25 heavy (non-hydrogen) atoms. The number of alkyl halides is 2. The van der Waals surface area contributed by atoms with Gasteiger partial charge in [0.05, 0.1) is 6.54 Å². The largest absolute Gasteiger partial charge is 0.354 e. The highest BCUT2D eigenvalue weighted by Gasteiger charge is 2.13. The Morgan fingerprint density at radius 3 is 2.72 bits per heavy atom. The first-order valence-electron chi connectivity index (χ1n) is 7.70. The lowest BCUT2D eigenvalue weighted by Crippen LogP contribution is -2.47. The van der Waals surface area contributed by atoms with E-state index in [0.717, 1.165) is 5.56 Å². The maximum Gasteiger partial charge on any atom is 0.242 e. The van der Waals surface area contributed by atoms with E-state index in [1.54, 1.807) is 42.2 Å². The third-order valence-electron chi connectivity index (χ3n) is 3.63. The molecule has 0 saturated heterocycles. The Hall–Kier alpha value is -2.94. The molecule has 130 valence electrons. The first-order chi connectivity index (χ1) is 12.0.